The fraction of sp³-hybridized carbons (Fsp3) is 0.316. The highest BCUT2D eigenvalue weighted by Crippen LogP contribution is 2.45. The Morgan fingerprint density at radius 2 is 1.92 bits per heavy atom. The molecule has 1 saturated carbocycles. The van der Waals surface area contributed by atoms with Crippen molar-refractivity contribution in [2.75, 3.05) is 12.5 Å². The Balaban J connectivity index is 2.03. The van der Waals surface area contributed by atoms with Gasteiger partial charge in [-0.05, 0) is 49.1 Å². The van der Waals surface area contributed by atoms with Gasteiger partial charge < -0.3 is 0 Å². The summed E-state index contributed by atoms with van der Waals surface area (Å²) in [4.78, 5) is 1.06. The molecule has 2 aromatic carbocycles. The van der Waals surface area contributed by atoms with Crippen LogP contribution in [0.15, 0.2) is 40.1 Å². The number of nitrogens with zero attached hydrogens (tertiary/aromatic N) is 1. The molecule has 1 fully saturated rings. The molecule has 4 rings (SSSR count). The maximum absolute atomic E-state index is 12.4. The molecule has 1 unspecified atom stereocenters. The normalized spacial score (nSPS) is 16.1. The molecular weight excluding hydrogens is 368 g/mol. The quantitative estimate of drug-likeness (QED) is 0.741. The summed E-state index contributed by atoms with van der Waals surface area (Å²) in [7, 11) is -4.45. The predicted octanol–water partition coefficient (Wildman–Crippen LogP) is 3.56. The Bertz CT molecular complexity index is 1160. The Morgan fingerprint density at radius 3 is 2.50 bits per heavy atom. The molecule has 0 radical (unpaired) electrons. The van der Waals surface area contributed by atoms with Gasteiger partial charge in [-0.1, -0.05) is 12.1 Å². The van der Waals surface area contributed by atoms with Crippen molar-refractivity contribution in [2.24, 2.45) is 0 Å². The molecule has 1 aliphatic carbocycles. The van der Waals surface area contributed by atoms with E-state index >= 15 is 0 Å². The summed E-state index contributed by atoms with van der Waals surface area (Å²) in [6.07, 6.45) is 5.13. The van der Waals surface area contributed by atoms with Gasteiger partial charge in [0.25, 0.3) is 0 Å². The van der Waals surface area contributed by atoms with Crippen LogP contribution in [0.5, 0.6) is 0 Å². The minimum absolute atomic E-state index is 0.321. The number of hydrogen-bond donors (Lipinski definition) is 1. The summed E-state index contributed by atoms with van der Waals surface area (Å²) in [5.74, 6) is 0.468. The minimum Gasteiger partial charge on any atom is -0.281 e. The fourth-order valence-corrected chi connectivity index (χ4v) is 5.26. The zero-order valence-electron chi connectivity index (χ0n) is 14.9. The first-order valence-electron chi connectivity index (χ1n) is 8.43. The van der Waals surface area contributed by atoms with E-state index in [-0.39, 0.29) is 0 Å². The third-order valence-electron chi connectivity index (χ3n) is 4.87. The van der Waals surface area contributed by atoms with Crippen molar-refractivity contribution in [3.8, 4) is 11.1 Å². The van der Waals surface area contributed by atoms with Gasteiger partial charge >= 0.3 is 0 Å². The Labute approximate surface area is 155 Å². The first kappa shape index (κ1) is 17.4. The van der Waals surface area contributed by atoms with Gasteiger partial charge in [-0.15, -0.1) is 0 Å². The molecule has 0 spiro atoms. The lowest BCUT2D eigenvalue weighted by molar-refractivity contribution is 0.601. The van der Waals surface area contributed by atoms with E-state index in [1.807, 2.05) is 18.2 Å². The van der Waals surface area contributed by atoms with E-state index < -0.39 is 20.6 Å². The molecule has 1 heterocycles. The number of nitrogens with one attached hydrogen (secondary N) is 1. The van der Waals surface area contributed by atoms with E-state index in [4.69, 9.17) is 0 Å². The number of H-pyrrole nitrogens is 1. The molecule has 7 heteroatoms. The molecule has 1 N–H and O–H groups in total. The number of benzene rings is 2. The molecule has 136 valence electrons. The van der Waals surface area contributed by atoms with Crippen molar-refractivity contribution in [1.82, 2.24) is 10.2 Å². The van der Waals surface area contributed by atoms with Gasteiger partial charge in [-0.2, -0.15) is 5.10 Å². The summed E-state index contributed by atoms with van der Waals surface area (Å²) in [6, 6.07) is 9.06. The second kappa shape index (κ2) is 6.03. The molecule has 1 aliphatic rings. The van der Waals surface area contributed by atoms with Crippen LogP contribution in [-0.2, 0) is 20.6 Å². The van der Waals surface area contributed by atoms with E-state index in [1.54, 1.807) is 25.3 Å². The average molecular weight is 389 g/mol. The lowest BCUT2D eigenvalue weighted by atomic mass is 9.97. The van der Waals surface area contributed by atoms with Gasteiger partial charge in [0.1, 0.15) is 0 Å². The summed E-state index contributed by atoms with van der Waals surface area (Å²) < 4.78 is 36.3. The summed E-state index contributed by atoms with van der Waals surface area (Å²) >= 11 is 0. The maximum atomic E-state index is 12.4. The number of aromatic amines is 1. The minimum atomic E-state index is -3.28. The highest BCUT2D eigenvalue weighted by atomic mass is 32.2. The van der Waals surface area contributed by atoms with E-state index in [0.717, 1.165) is 45.5 Å². The Hall–Kier alpha value is -1.99. The van der Waals surface area contributed by atoms with Gasteiger partial charge in [0.05, 0.1) is 21.2 Å². The van der Waals surface area contributed by atoms with Crippen LogP contribution in [0, 0.1) is 6.92 Å². The lowest BCUT2D eigenvalue weighted by Gasteiger charge is -2.13. The van der Waals surface area contributed by atoms with Crippen LogP contribution in [-0.4, -0.2) is 35.3 Å². The first-order chi connectivity index (χ1) is 12.3. The second-order valence-electron chi connectivity index (χ2n) is 6.95. The molecule has 0 bridgehead atoms. The van der Waals surface area contributed by atoms with E-state index in [9.17, 15) is 12.6 Å². The molecule has 3 aromatic rings. The van der Waals surface area contributed by atoms with Crippen molar-refractivity contribution in [2.45, 2.75) is 35.5 Å². The van der Waals surface area contributed by atoms with E-state index in [0.29, 0.717) is 16.4 Å². The van der Waals surface area contributed by atoms with Gasteiger partial charge in [0.15, 0.2) is 9.84 Å². The van der Waals surface area contributed by atoms with Crippen molar-refractivity contribution in [3.63, 3.8) is 0 Å². The largest absolute Gasteiger partial charge is 0.281 e. The van der Waals surface area contributed by atoms with Crippen molar-refractivity contribution >= 4 is 31.5 Å². The van der Waals surface area contributed by atoms with Crippen LogP contribution in [0.4, 0.5) is 0 Å². The first-order valence-corrected chi connectivity index (χ1v) is 11.9. The number of aryl methyl sites for hydroxylation is 1. The van der Waals surface area contributed by atoms with Gasteiger partial charge in [0.2, 0.25) is 0 Å². The molecule has 5 nitrogen and oxygen atoms in total. The summed E-state index contributed by atoms with van der Waals surface area (Å²) in [5.41, 5.74) is 4.38. The monoisotopic (exact) mass is 388 g/mol. The lowest BCUT2D eigenvalue weighted by Crippen LogP contribution is -2.01. The number of sulfone groups is 1. The highest BCUT2D eigenvalue weighted by molar-refractivity contribution is 7.90. The molecule has 0 aliphatic heterocycles. The molecule has 1 aromatic heterocycles. The predicted molar refractivity (Wildman–Crippen MR) is 104 cm³/mol. The molecule has 1 atom stereocenters. The molecule has 0 amide bonds. The van der Waals surface area contributed by atoms with Gasteiger partial charge in [0, 0.05) is 40.0 Å². The zero-order chi connectivity index (χ0) is 18.6. The van der Waals surface area contributed by atoms with Crippen molar-refractivity contribution in [1.29, 1.82) is 0 Å². The Kier molecular flexibility index (Phi) is 4.04. The van der Waals surface area contributed by atoms with E-state index in [2.05, 4.69) is 10.2 Å². The topological polar surface area (TPSA) is 79.9 Å². The fourth-order valence-electron chi connectivity index (χ4n) is 3.53. The van der Waals surface area contributed by atoms with Crippen molar-refractivity contribution < 1.29 is 12.6 Å². The third kappa shape index (κ3) is 2.89. The molecule has 0 saturated heterocycles. The third-order valence-corrected chi connectivity index (χ3v) is 7.09. The zero-order valence-corrected chi connectivity index (χ0v) is 16.5. The van der Waals surface area contributed by atoms with Crippen LogP contribution >= 0.6 is 0 Å². The molecule has 26 heavy (non-hydrogen) atoms. The van der Waals surface area contributed by atoms with Crippen LogP contribution in [0.3, 0.4) is 0 Å². The molecular formula is C19H20N2O3S2. The van der Waals surface area contributed by atoms with E-state index in [1.165, 1.54) is 6.26 Å². The maximum Gasteiger partial charge on any atom is 0.175 e. The summed E-state index contributed by atoms with van der Waals surface area (Å²) in [6.45, 7) is 1.79. The van der Waals surface area contributed by atoms with Crippen LogP contribution < -0.4 is 0 Å². The van der Waals surface area contributed by atoms with Gasteiger partial charge in [-0.25, -0.2) is 8.42 Å². The second-order valence-corrected chi connectivity index (χ2v) is 10.3. The van der Waals surface area contributed by atoms with Gasteiger partial charge in [-0.3, -0.25) is 9.31 Å². The number of fused-ring (bicyclic) bond motifs is 1. The number of aromatic nitrogens is 2. The van der Waals surface area contributed by atoms with Crippen molar-refractivity contribution in [3.05, 3.63) is 41.6 Å². The van der Waals surface area contributed by atoms with Crippen LogP contribution in [0.1, 0.15) is 30.0 Å². The van der Waals surface area contributed by atoms with Crippen LogP contribution in [0.25, 0.3) is 22.0 Å². The highest BCUT2D eigenvalue weighted by Gasteiger charge is 2.30. The Morgan fingerprint density at radius 1 is 1.19 bits per heavy atom. The van der Waals surface area contributed by atoms with Crippen LogP contribution in [0.2, 0.25) is 0 Å². The standard InChI is InChI=1S/C19H20N2O3S2/c1-11-10-13(6-9-16(11)26(3,23)24)17-15(25(2)22)8-7-14-18(17)19(21-20-14)12-4-5-12/h6-10,12H,4-5H2,1-3H3,(H,20,21). The smallest absolute Gasteiger partial charge is 0.175 e. The SMILES string of the molecule is Cc1cc(-c2c(S(C)=O)ccc3n[nH]c(C4CC4)c23)ccc1S(C)(=O)=O. The number of hydrogen-bond acceptors (Lipinski definition) is 4. The average Bonchev–Trinajstić information content (AvgIpc) is 3.31. The summed E-state index contributed by atoms with van der Waals surface area (Å²) in [5, 5.41) is 8.59. The number of rotatable bonds is 4.